The minimum Gasteiger partial charge on any atom is -0.295 e. The Labute approximate surface area is 99.6 Å². The fourth-order valence-corrected chi connectivity index (χ4v) is 2.35. The van der Waals surface area contributed by atoms with Crippen molar-refractivity contribution in [2.45, 2.75) is 53.4 Å². The molecule has 90 valence electrons. The second-order valence-corrected chi connectivity index (χ2v) is 5.37. The SMILES string of the molecule is CC(C)=CCCC(C)[C@H]1CCC(C)=CC1=O. The van der Waals surface area contributed by atoms with Crippen molar-refractivity contribution in [3.05, 3.63) is 23.3 Å². The smallest absolute Gasteiger partial charge is 0.158 e. The van der Waals surface area contributed by atoms with Gasteiger partial charge in [-0.3, -0.25) is 4.79 Å². The molecular weight excluding hydrogens is 196 g/mol. The summed E-state index contributed by atoms with van der Waals surface area (Å²) in [4.78, 5) is 11.9. The van der Waals surface area contributed by atoms with Crippen LogP contribution in [-0.4, -0.2) is 5.78 Å². The minimum atomic E-state index is 0.272. The maximum atomic E-state index is 11.9. The van der Waals surface area contributed by atoms with Gasteiger partial charge >= 0.3 is 0 Å². The third kappa shape index (κ3) is 3.96. The Hall–Kier alpha value is -0.850. The summed E-state index contributed by atoms with van der Waals surface area (Å²) in [5.41, 5.74) is 2.62. The van der Waals surface area contributed by atoms with Crippen molar-refractivity contribution < 1.29 is 4.79 Å². The van der Waals surface area contributed by atoms with E-state index in [9.17, 15) is 4.79 Å². The van der Waals surface area contributed by atoms with Crippen molar-refractivity contribution in [3.63, 3.8) is 0 Å². The molecule has 1 unspecified atom stereocenters. The van der Waals surface area contributed by atoms with Crippen LogP contribution < -0.4 is 0 Å². The predicted octanol–water partition coefficient (Wildman–Crippen LogP) is 4.29. The maximum absolute atomic E-state index is 11.9. The van der Waals surface area contributed by atoms with Crippen LogP contribution in [0, 0.1) is 11.8 Å². The summed E-state index contributed by atoms with van der Waals surface area (Å²) >= 11 is 0. The van der Waals surface area contributed by atoms with Crippen LogP contribution in [-0.2, 0) is 4.79 Å². The highest BCUT2D eigenvalue weighted by Gasteiger charge is 2.25. The first-order valence-electron chi connectivity index (χ1n) is 6.35. The highest BCUT2D eigenvalue weighted by atomic mass is 16.1. The van der Waals surface area contributed by atoms with Crippen molar-refractivity contribution in [3.8, 4) is 0 Å². The van der Waals surface area contributed by atoms with Crippen molar-refractivity contribution in [2.24, 2.45) is 11.8 Å². The molecule has 1 rings (SSSR count). The molecule has 0 fully saturated rings. The lowest BCUT2D eigenvalue weighted by atomic mass is 9.79. The van der Waals surface area contributed by atoms with E-state index in [0.717, 1.165) is 25.7 Å². The minimum absolute atomic E-state index is 0.272. The monoisotopic (exact) mass is 220 g/mol. The Balaban J connectivity index is 2.46. The zero-order valence-electron chi connectivity index (χ0n) is 11.0. The van der Waals surface area contributed by atoms with Crippen molar-refractivity contribution in [1.82, 2.24) is 0 Å². The second kappa shape index (κ2) is 6.03. The Bertz CT molecular complexity index is 305. The number of carbonyl (C=O) groups is 1. The quantitative estimate of drug-likeness (QED) is 0.646. The molecule has 0 bridgehead atoms. The highest BCUT2D eigenvalue weighted by Crippen LogP contribution is 2.29. The van der Waals surface area contributed by atoms with Crippen LogP contribution >= 0.6 is 0 Å². The number of hydrogen-bond donors (Lipinski definition) is 0. The average molecular weight is 220 g/mol. The summed E-state index contributed by atoms with van der Waals surface area (Å²) in [5, 5.41) is 0. The summed E-state index contributed by atoms with van der Waals surface area (Å²) < 4.78 is 0. The zero-order chi connectivity index (χ0) is 12.1. The lowest BCUT2D eigenvalue weighted by Gasteiger charge is -2.25. The van der Waals surface area contributed by atoms with Crippen LogP contribution in [0.15, 0.2) is 23.3 Å². The lowest BCUT2D eigenvalue weighted by Crippen LogP contribution is -2.23. The van der Waals surface area contributed by atoms with Gasteiger partial charge in [-0.05, 0) is 58.4 Å². The van der Waals surface area contributed by atoms with Gasteiger partial charge in [0.15, 0.2) is 5.78 Å². The van der Waals surface area contributed by atoms with Crippen molar-refractivity contribution in [1.29, 1.82) is 0 Å². The number of rotatable bonds is 4. The number of hydrogen-bond acceptors (Lipinski definition) is 1. The standard InChI is InChI=1S/C15H24O/c1-11(2)6-5-7-13(4)14-9-8-12(3)10-15(14)16/h6,10,13-14H,5,7-9H2,1-4H3/t13?,14-/m1/s1. The molecule has 1 aliphatic rings. The van der Waals surface area contributed by atoms with Crippen LogP contribution in [0.5, 0.6) is 0 Å². The molecular formula is C15H24O. The van der Waals surface area contributed by atoms with E-state index in [-0.39, 0.29) is 5.92 Å². The molecule has 0 saturated heterocycles. The summed E-state index contributed by atoms with van der Waals surface area (Å²) in [6, 6.07) is 0. The molecule has 1 nitrogen and oxygen atoms in total. The molecule has 2 atom stereocenters. The number of allylic oxidation sites excluding steroid dienone is 4. The fourth-order valence-electron chi connectivity index (χ4n) is 2.35. The third-order valence-corrected chi connectivity index (χ3v) is 3.47. The van der Waals surface area contributed by atoms with Gasteiger partial charge in [0.1, 0.15) is 0 Å². The van der Waals surface area contributed by atoms with Crippen LogP contribution in [0.3, 0.4) is 0 Å². The van der Waals surface area contributed by atoms with Gasteiger partial charge in [0.2, 0.25) is 0 Å². The third-order valence-electron chi connectivity index (χ3n) is 3.47. The van der Waals surface area contributed by atoms with Crippen LogP contribution in [0.2, 0.25) is 0 Å². The largest absolute Gasteiger partial charge is 0.295 e. The summed E-state index contributed by atoms with van der Waals surface area (Å²) in [6.07, 6.45) is 8.52. The molecule has 0 aromatic carbocycles. The van der Waals surface area contributed by atoms with Gasteiger partial charge in [-0.1, -0.05) is 24.1 Å². The predicted molar refractivity (Wildman–Crippen MR) is 69.3 cm³/mol. The van der Waals surface area contributed by atoms with Crippen LogP contribution in [0.1, 0.15) is 53.4 Å². The van der Waals surface area contributed by atoms with Gasteiger partial charge in [-0.25, -0.2) is 0 Å². The molecule has 0 spiro atoms. The summed E-state index contributed by atoms with van der Waals surface area (Å²) in [7, 11) is 0. The van der Waals surface area contributed by atoms with E-state index >= 15 is 0 Å². The van der Waals surface area contributed by atoms with E-state index < -0.39 is 0 Å². The summed E-state index contributed by atoms with van der Waals surface area (Å²) in [6.45, 7) is 8.53. The van der Waals surface area contributed by atoms with Crippen molar-refractivity contribution in [2.75, 3.05) is 0 Å². The van der Waals surface area contributed by atoms with Crippen LogP contribution in [0.25, 0.3) is 0 Å². The van der Waals surface area contributed by atoms with Gasteiger partial charge in [0.05, 0.1) is 0 Å². The lowest BCUT2D eigenvalue weighted by molar-refractivity contribution is -0.120. The fraction of sp³-hybridized carbons (Fsp3) is 0.667. The molecule has 1 aliphatic carbocycles. The van der Waals surface area contributed by atoms with Gasteiger partial charge in [-0.15, -0.1) is 0 Å². The molecule has 1 heteroatoms. The normalized spacial score (nSPS) is 22.6. The Kier molecular flexibility index (Phi) is 4.98. The van der Waals surface area contributed by atoms with Gasteiger partial charge < -0.3 is 0 Å². The topological polar surface area (TPSA) is 17.1 Å². The van der Waals surface area contributed by atoms with Gasteiger partial charge in [-0.2, -0.15) is 0 Å². The van der Waals surface area contributed by atoms with E-state index in [1.807, 2.05) is 6.08 Å². The summed E-state index contributed by atoms with van der Waals surface area (Å²) in [5.74, 6) is 1.15. The molecule has 0 amide bonds. The molecule has 0 aromatic rings. The van der Waals surface area contributed by atoms with Crippen molar-refractivity contribution >= 4 is 5.78 Å². The maximum Gasteiger partial charge on any atom is 0.158 e. The van der Waals surface area contributed by atoms with E-state index in [1.165, 1.54) is 11.1 Å². The second-order valence-electron chi connectivity index (χ2n) is 5.37. The van der Waals surface area contributed by atoms with E-state index in [4.69, 9.17) is 0 Å². The Morgan fingerprint density at radius 2 is 2.25 bits per heavy atom. The number of carbonyl (C=O) groups excluding carboxylic acids is 1. The molecule has 0 aromatic heterocycles. The first-order valence-corrected chi connectivity index (χ1v) is 6.35. The van der Waals surface area contributed by atoms with Gasteiger partial charge in [0, 0.05) is 5.92 Å². The van der Waals surface area contributed by atoms with E-state index in [1.54, 1.807) is 0 Å². The Morgan fingerprint density at radius 3 is 2.81 bits per heavy atom. The first-order chi connectivity index (χ1) is 7.50. The molecule has 0 aliphatic heterocycles. The van der Waals surface area contributed by atoms with E-state index in [2.05, 4.69) is 33.8 Å². The molecule has 0 N–H and O–H groups in total. The molecule has 0 saturated carbocycles. The highest BCUT2D eigenvalue weighted by molar-refractivity contribution is 5.93. The van der Waals surface area contributed by atoms with E-state index in [0.29, 0.717) is 11.7 Å². The average Bonchev–Trinajstić information content (AvgIpc) is 2.16. The van der Waals surface area contributed by atoms with Crippen LogP contribution in [0.4, 0.5) is 0 Å². The number of ketones is 1. The van der Waals surface area contributed by atoms with Gasteiger partial charge in [0.25, 0.3) is 0 Å². The molecule has 0 radical (unpaired) electrons. The molecule has 0 heterocycles. The zero-order valence-corrected chi connectivity index (χ0v) is 11.0. The molecule has 16 heavy (non-hydrogen) atoms. The Morgan fingerprint density at radius 1 is 1.56 bits per heavy atom. The first kappa shape index (κ1) is 13.2.